The smallest absolute Gasteiger partial charge is 0.363 e. The molecule has 6 heteroatoms. The minimum atomic E-state index is -0.581. The number of benzene rings is 2. The van der Waals surface area contributed by atoms with E-state index in [2.05, 4.69) is 4.99 Å². The Bertz CT molecular complexity index is 948. The highest BCUT2D eigenvalue weighted by Crippen LogP contribution is 2.24. The van der Waals surface area contributed by atoms with Crippen LogP contribution in [0.25, 0.3) is 6.08 Å². The predicted molar refractivity (Wildman–Crippen MR) is 95.0 cm³/mol. The van der Waals surface area contributed by atoms with Gasteiger partial charge in [-0.05, 0) is 54.5 Å². The maximum Gasteiger partial charge on any atom is 0.363 e. The molecule has 130 valence electrons. The lowest BCUT2D eigenvalue weighted by molar-refractivity contribution is -0.130. The van der Waals surface area contributed by atoms with Crippen molar-refractivity contribution >= 4 is 29.5 Å². The van der Waals surface area contributed by atoms with Crippen LogP contribution < -0.4 is 4.90 Å². The van der Waals surface area contributed by atoms with Crippen molar-refractivity contribution in [1.29, 1.82) is 0 Å². The van der Waals surface area contributed by atoms with Crippen molar-refractivity contribution in [3.8, 4) is 0 Å². The summed E-state index contributed by atoms with van der Waals surface area (Å²) in [6.07, 6.45) is 2.91. The number of hydrogen-bond donors (Lipinski definition) is 0. The molecule has 26 heavy (non-hydrogen) atoms. The van der Waals surface area contributed by atoms with E-state index in [4.69, 9.17) is 4.74 Å². The first-order valence-corrected chi connectivity index (χ1v) is 8.29. The molecule has 0 aliphatic carbocycles. The van der Waals surface area contributed by atoms with Crippen LogP contribution >= 0.6 is 0 Å². The van der Waals surface area contributed by atoms with E-state index in [1.165, 1.54) is 18.2 Å². The molecule has 2 aliphatic heterocycles. The number of esters is 1. The van der Waals surface area contributed by atoms with Crippen molar-refractivity contribution in [2.75, 3.05) is 11.4 Å². The Balaban J connectivity index is 1.58. The zero-order chi connectivity index (χ0) is 18.1. The van der Waals surface area contributed by atoms with Gasteiger partial charge in [-0.2, -0.15) is 0 Å². The number of amides is 1. The van der Waals surface area contributed by atoms with Crippen LogP contribution in [0.4, 0.5) is 10.1 Å². The van der Waals surface area contributed by atoms with E-state index in [1.54, 1.807) is 29.2 Å². The molecule has 2 heterocycles. The third kappa shape index (κ3) is 3.13. The zero-order valence-corrected chi connectivity index (χ0v) is 13.8. The Kier molecular flexibility index (Phi) is 4.08. The number of ether oxygens (including phenoxy) is 1. The normalized spacial score (nSPS) is 18.4. The number of halogens is 1. The molecular weight excluding hydrogens is 335 g/mol. The second kappa shape index (κ2) is 6.55. The van der Waals surface area contributed by atoms with Gasteiger partial charge < -0.3 is 9.64 Å². The number of anilines is 1. The molecule has 0 radical (unpaired) electrons. The number of nitrogens with zero attached hydrogens (tertiary/aromatic N) is 2. The number of hydrogen-bond acceptors (Lipinski definition) is 4. The third-order valence-electron chi connectivity index (χ3n) is 4.27. The molecule has 2 aliphatic rings. The van der Waals surface area contributed by atoms with Gasteiger partial charge in [0.25, 0.3) is 0 Å². The van der Waals surface area contributed by atoms with E-state index in [1.807, 2.05) is 12.1 Å². The number of carbonyl (C=O) groups is 2. The van der Waals surface area contributed by atoms with Gasteiger partial charge in [-0.1, -0.05) is 12.1 Å². The monoisotopic (exact) mass is 350 g/mol. The highest BCUT2D eigenvalue weighted by atomic mass is 19.1. The first-order chi connectivity index (χ1) is 12.6. The summed E-state index contributed by atoms with van der Waals surface area (Å²) in [6.45, 7) is 0.717. The van der Waals surface area contributed by atoms with Gasteiger partial charge in [0, 0.05) is 24.2 Å². The van der Waals surface area contributed by atoms with Crippen LogP contribution in [0.15, 0.2) is 59.2 Å². The summed E-state index contributed by atoms with van der Waals surface area (Å²) in [5, 5.41) is 0. The first-order valence-electron chi connectivity index (χ1n) is 8.29. The Hall–Kier alpha value is -3.28. The van der Waals surface area contributed by atoms with Gasteiger partial charge in [-0.15, -0.1) is 0 Å². The summed E-state index contributed by atoms with van der Waals surface area (Å²) in [5.41, 5.74) is 2.10. The Morgan fingerprint density at radius 2 is 1.92 bits per heavy atom. The minimum Gasteiger partial charge on any atom is -0.402 e. The molecule has 0 bridgehead atoms. The fraction of sp³-hybridized carbons (Fsp3) is 0.150. The van der Waals surface area contributed by atoms with Crippen LogP contribution in [0.5, 0.6) is 0 Å². The molecule has 1 amide bonds. The molecule has 5 nitrogen and oxygen atoms in total. The van der Waals surface area contributed by atoms with Crippen LogP contribution in [0.2, 0.25) is 0 Å². The molecule has 4 rings (SSSR count). The van der Waals surface area contributed by atoms with E-state index < -0.39 is 5.97 Å². The highest BCUT2D eigenvalue weighted by molar-refractivity contribution is 6.13. The van der Waals surface area contributed by atoms with Crippen LogP contribution in [-0.4, -0.2) is 24.3 Å². The quantitative estimate of drug-likeness (QED) is 0.630. The molecule has 0 N–H and O–H groups in total. The molecule has 2 aromatic rings. The lowest BCUT2D eigenvalue weighted by Crippen LogP contribution is -2.23. The average Bonchev–Trinajstić information content (AvgIpc) is 3.21. The van der Waals surface area contributed by atoms with Crippen molar-refractivity contribution in [2.45, 2.75) is 12.8 Å². The fourth-order valence-electron chi connectivity index (χ4n) is 2.99. The molecule has 0 spiro atoms. The second-order valence-electron chi connectivity index (χ2n) is 6.09. The van der Waals surface area contributed by atoms with E-state index in [0.29, 0.717) is 24.1 Å². The summed E-state index contributed by atoms with van der Waals surface area (Å²) in [7, 11) is 0. The van der Waals surface area contributed by atoms with Crippen molar-refractivity contribution in [3.05, 3.63) is 71.2 Å². The highest BCUT2D eigenvalue weighted by Gasteiger charge is 2.25. The molecular formula is C20H15FN2O3. The number of cyclic esters (lactones) is 1. The van der Waals surface area contributed by atoms with Crippen molar-refractivity contribution in [3.63, 3.8) is 0 Å². The van der Waals surface area contributed by atoms with E-state index in [9.17, 15) is 14.0 Å². The Morgan fingerprint density at radius 1 is 1.12 bits per heavy atom. The lowest BCUT2D eigenvalue weighted by Gasteiger charge is -2.15. The summed E-state index contributed by atoms with van der Waals surface area (Å²) in [5.74, 6) is -0.662. The molecule has 0 unspecified atom stereocenters. The maximum atomic E-state index is 13.3. The Morgan fingerprint density at radius 3 is 2.62 bits per heavy atom. The second-order valence-corrected chi connectivity index (χ2v) is 6.09. The lowest BCUT2D eigenvalue weighted by atomic mass is 10.2. The van der Waals surface area contributed by atoms with Gasteiger partial charge >= 0.3 is 5.97 Å². The standard InChI is InChI=1S/C20H15FN2O3/c21-15-4-1-3-13(11-15)12-17-20(25)26-19(22-17)14-6-8-16(9-7-14)23-10-2-5-18(23)24/h1,3-4,6-9,11-12H,2,5,10H2. The number of aliphatic imine (C=N–C) groups is 1. The molecule has 0 aromatic heterocycles. The average molecular weight is 350 g/mol. The largest absolute Gasteiger partial charge is 0.402 e. The summed E-state index contributed by atoms with van der Waals surface area (Å²) in [6, 6.07) is 13.0. The van der Waals surface area contributed by atoms with Gasteiger partial charge in [-0.25, -0.2) is 14.2 Å². The first kappa shape index (κ1) is 16.2. The van der Waals surface area contributed by atoms with Gasteiger partial charge in [0.05, 0.1) is 0 Å². The van der Waals surface area contributed by atoms with Gasteiger partial charge in [0.15, 0.2) is 5.70 Å². The van der Waals surface area contributed by atoms with Crippen LogP contribution in [-0.2, 0) is 14.3 Å². The van der Waals surface area contributed by atoms with Gasteiger partial charge in [-0.3, -0.25) is 4.79 Å². The van der Waals surface area contributed by atoms with Crippen molar-refractivity contribution < 1.29 is 18.7 Å². The maximum absolute atomic E-state index is 13.3. The fourth-order valence-corrected chi connectivity index (χ4v) is 2.99. The summed E-state index contributed by atoms with van der Waals surface area (Å²) < 4.78 is 18.5. The summed E-state index contributed by atoms with van der Waals surface area (Å²) in [4.78, 5) is 29.8. The minimum absolute atomic E-state index is 0.114. The predicted octanol–water partition coefficient (Wildman–Crippen LogP) is 3.30. The SMILES string of the molecule is O=C1OC(c2ccc(N3CCCC3=O)cc2)=NC1=Cc1cccc(F)c1. The van der Waals surface area contributed by atoms with Crippen molar-refractivity contribution in [1.82, 2.24) is 0 Å². The topological polar surface area (TPSA) is 59.0 Å². The Labute approximate surface area is 149 Å². The van der Waals surface area contributed by atoms with E-state index >= 15 is 0 Å². The van der Waals surface area contributed by atoms with E-state index in [0.717, 1.165) is 12.1 Å². The van der Waals surface area contributed by atoms with Crippen molar-refractivity contribution in [2.24, 2.45) is 4.99 Å². The van der Waals surface area contributed by atoms with Crippen LogP contribution in [0.3, 0.4) is 0 Å². The zero-order valence-electron chi connectivity index (χ0n) is 13.8. The van der Waals surface area contributed by atoms with Gasteiger partial charge in [0.2, 0.25) is 11.8 Å². The summed E-state index contributed by atoms with van der Waals surface area (Å²) >= 11 is 0. The number of carbonyl (C=O) groups excluding carboxylic acids is 2. The third-order valence-corrected chi connectivity index (χ3v) is 4.27. The molecule has 1 saturated heterocycles. The molecule has 0 atom stereocenters. The van der Waals surface area contributed by atoms with Crippen LogP contribution in [0.1, 0.15) is 24.0 Å². The molecule has 2 aromatic carbocycles. The van der Waals surface area contributed by atoms with E-state index in [-0.39, 0.29) is 23.3 Å². The molecule has 0 saturated carbocycles. The molecule has 1 fully saturated rings. The van der Waals surface area contributed by atoms with Gasteiger partial charge in [0.1, 0.15) is 5.82 Å². The number of rotatable bonds is 3. The van der Waals surface area contributed by atoms with Crippen LogP contribution in [0, 0.1) is 5.82 Å².